The van der Waals surface area contributed by atoms with Gasteiger partial charge < -0.3 is 0 Å². The monoisotopic (exact) mass is 473 g/mol. The van der Waals surface area contributed by atoms with Crippen LogP contribution in [0.5, 0.6) is 0 Å². The first-order chi connectivity index (χ1) is 15.1. The minimum atomic E-state index is -3.82. The molecule has 1 aliphatic heterocycles. The Hall–Kier alpha value is -2.66. The van der Waals surface area contributed by atoms with Crippen LogP contribution in [-0.4, -0.2) is 62.4 Å². The Bertz CT molecular complexity index is 1390. The Morgan fingerprint density at radius 2 is 1.44 bits per heavy atom. The first-order valence-electron chi connectivity index (χ1n) is 10.1. The summed E-state index contributed by atoms with van der Waals surface area (Å²) in [7, 11) is -7.61. The molecule has 0 amide bonds. The van der Waals surface area contributed by atoms with E-state index in [0.29, 0.717) is 16.5 Å². The molecule has 1 aliphatic rings. The summed E-state index contributed by atoms with van der Waals surface area (Å²) in [5.74, 6) is -0.147. The molecule has 2 aromatic carbocycles. The third kappa shape index (κ3) is 3.95. The average Bonchev–Trinajstić information content (AvgIpc) is 2.79. The predicted molar refractivity (Wildman–Crippen MR) is 120 cm³/mol. The van der Waals surface area contributed by atoms with Crippen molar-refractivity contribution in [2.75, 3.05) is 26.2 Å². The van der Waals surface area contributed by atoms with Crippen LogP contribution >= 0.6 is 0 Å². The maximum atomic E-state index is 13.3. The Labute approximate surface area is 187 Å². The lowest BCUT2D eigenvalue weighted by atomic mass is 10.1. The number of pyridine rings is 1. The number of ketones is 1. The maximum Gasteiger partial charge on any atom is 0.243 e. The van der Waals surface area contributed by atoms with Gasteiger partial charge in [0.05, 0.1) is 15.3 Å². The van der Waals surface area contributed by atoms with Crippen molar-refractivity contribution in [2.24, 2.45) is 0 Å². The highest BCUT2D eigenvalue weighted by molar-refractivity contribution is 7.89. The summed E-state index contributed by atoms with van der Waals surface area (Å²) in [6, 6.07) is 12.5. The van der Waals surface area contributed by atoms with Gasteiger partial charge in [-0.3, -0.25) is 9.78 Å². The number of Topliss-reactive ketones (excluding diaryl/α,β-unsaturated/α-hetero) is 1. The van der Waals surface area contributed by atoms with E-state index in [1.165, 1.54) is 39.8 Å². The van der Waals surface area contributed by atoms with Crippen molar-refractivity contribution < 1.29 is 21.6 Å². The molecule has 0 saturated carbocycles. The molecule has 0 unspecified atom stereocenters. The fraction of sp³-hybridized carbons (Fsp3) is 0.273. The number of nitrogens with zero attached hydrogens (tertiary/aromatic N) is 3. The second-order valence-corrected chi connectivity index (χ2v) is 11.5. The van der Waals surface area contributed by atoms with Gasteiger partial charge in [0.15, 0.2) is 5.78 Å². The van der Waals surface area contributed by atoms with Crippen LogP contribution in [-0.2, 0) is 20.0 Å². The molecule has 168 valence electrons. The van der Waals surface area contributed by atoms with Crippen LogP contribution in [0.1, 0.15) is 22.8 Å². The third-order valence-electron chi connectivity index (χ3n) is 5.65. The highest BCUT2D eigenvalue weighted by Gasteiger charge is 2.34. The number of aryl methyl sites for hydroxylation is 1. The largest absolute Gasteiger partial charge is 0.295 e. The van der Waals surface area contributed by atoms with E-state index in [2.05, 4.69) is 4.98 Å². The molecule has 0 atom stereocenters. The molecule has 32 heavy (non-hydrogen) atoms. The molecule has 0 radical (unpaired) electrons. The zero-order chi connectivity index (χ0) is 23.1. The number of benzene rings is 2. The lowest BCUT2D eigenvalue weighted by Crippen LogP contribution is -2.50. The molecule has 1 fully saturated rings. The van der Waals surface area contributed by atoms with E-state index in [1.807, 2.05) is 6.92 Å². The van der Waals surface area contributed by atoms with Crippen molar-refractivity contribution in [3.8, 4) is 0 Å². The molecule has 2 heterocycles. The number of hydrogen-bond donors (Lipinski definition) is 0. The van der Waals surface area contributed by atoms with Crippen molar-refractivity contribution >= 4 is 36.7 Å². The van der Waals surface area contributed by atoms with Gasteiger partial charge in [-0.1, -0.05) is 18.2 Å². The lowest BCUT2D eigenvalue weighted by molar-refractivity contribution is 0.101. The Morgan fingerprint density at radius 1 is 0.844 bits per heavy atom. The van der Waals surface area contributed by atoms with Crippen molar-refractivity contribution in [2.45, 2.75) is 23.6 Å². The molecule has 0 bridgehead atoms. The smallest absolute Gasteiger partial charge is 0.243 e. The quantitative estimate of drug-likeness (QED) is 0.527. The van der Waals surface area contributed by atoms with Gasteiger partial charge >= 0.3 is 0 Å². The minimum Gasteiger partial charge on any atom is -0.295 e. The fourth-order valence-electron chi connectivity index (χ4n) is 3.81. The Kier molecular flexibility index (Phi) is 5.89. The maximum absolute atomic E-state index is 13.3. The van der Waals surface area contributed by atoms with Gasteiger partial charge in [0.25, 0.3) is 0 Å². The van der Waals surface area contributed by atoms with Gasteiger partial charge in [0.2, 0.25) is 20.0 Å². The Morgan fingerprint density at radius 3 is 2.03 bits per heavy atom. The van der Waals surface area contributed by atoms with Gasteiger partial charge in [-0.15, -0.1) is 0 Å². The van der Waals surface area contributed by atoms with Crippen LogP contribution in [0.4, 0.5) is 0 Å². The van der Waals surface area contributed by atoms with Gasteiger partial charge in [0.1, 0.15) is 0 Å². The molecule has 8 nitrogen and oxygen atoms in total. The Balaban J connectivity index is 1.56. The molecular formula is C22H23N3O5S2. The molecule has 4 rings (SSSR count). The van der Waals surface area contributed by atoms with E-state index < -0.39 is 20.0 Å². The van der Waals surface area contributed by atoms with Gasteiger partial charge in [-0.25, -0.2) is 16.8 Å². The van der Waals surface area contributed by atoms with E-state index in [0.717, 1.165) is 5.56 Å². The average molecular weight is 474 g/mol. The standard InChI is InChI=1S/C22H23N3O5S2/c1-16-5-10-21(20-4-3-11-23-22(16)20)32(29,30)25-14-12-24(13-15-25)31(27,28)19-8-6-18(7-9-19)17(2)26/h3-11H,12-15H2,1-2H3. The van der Waals surface area contributed by atoms with Crippen LogP contribution in [0.25, 0.3) is 10.9 Å². The van der Waals surface area contributed by atoms with Crippen molar-refractivity contribution in [3.05, 3.63) is 65.9 Å². The lowest BCUT2D eigenvalue weighted by Gasteiger charge is -2.33. The second kappa shape index (κ2) is 8.36. The van der Waals surface area contributed by atoms with E-state index in [4.69, 9.17) is 0 Å². The molecular weight excluding hydrogens is 450 g/mol. The number of carbonyl (C=O) groups excluding carboxylic acids is 1. The number of sulfonamides is 2. The number of aromatic nitrogens is 1. The molecule has 0 N–H and O–H groups in total. The SMILES string of the molecule is CC(=O)c1ccc(S(=O)(=O)N2CCN(S(=O)(=O)c3ccc(C)c4ncccc34)CC2)cc1. The summed E-state index contributed by atoms with van der Waals surface area (Å²) in [5, 5.41) is 0.549. The van der Waals surface area contributed by atoms with Crippen molar-refractivity contribution in [3.63, 3.8) is 0 Å². The fourth-order valence-corrected chi connectivity index (χ4v) is 6.84. The third-order valence-corrected chi connectivity index (χ3v) is 9.52. The molecule has 1 saturated heterocycles. The number of carbonyl (C=O) groups is 1. The molecule has 3 aromatic rings. The van der Waals surface area contributed by atoms with E-state index in [9.17, 15) is 21.6 Å². The number of piperazine rings is 1. The van der Waals surface area contributed by atoms with Crippen LogP contribution in [0.2, 0.25) is 0 Å². The normalized spacial score (nSPS) is 16.3. The zero-order valence-corrected chi connectivity index (χ0v) is 19.4. The van der Waals surface area contributed by atoms with Gasteiger partial charge in [-0.05, 0) is 49.7 Å². The zero-order valence-electron chi connectivity index (χ0n) is 17.7. The molecule has 0 aliphatic carbocycles. The summed E-state index contributed by atoms with van der Waals surface area (Å²) in [5.41, 5.74) is 1.94. The van der Waals surface area contributed by atoms with Gasteiger partial charge in [-0.2, -0.15) is 8.61 Å². The summed E-state index contributed by atoms with van der Waals surface area (Å²) in [6.45, 7) is 3.45. The van der Waals surface area contributed by atoms with E-state index in [1.54, 1.807) is 30.5 Å². The van der Waals surface area contributed by atoms with E-state index >= 15 is 0 Å². The second-order valence-electron chi connectivity index (χ2n) is 7.67. The number of hydrogen-bond acceptors (Lipinski definition) is 6. The number of fused-ring (bicyclic) bond motifs is 1. The highest BCUT2D eigenvalue weighted by atomic mass is 32.2. The van der Waals surface area contributed by atoms with Crippen LogP contribution < -0.4 is 0 Å². The first kappa shape index (κ1) is 22.5. The summed E-state index contributed by atoms with van der Waals surface area (Å²) in [4.78, 5) is 16.0. The van der Waals surface area contributed by atoms with Crippen molar-refractivity contribution in [1.82, 2.24) is 13.6 Å². The van der Waals surface area contributed by atoms with Gasteiger partial charge in [0, 0.05) is 43.3 Å². The molecule has 0 spiro atoms. The molecule has 10 heteroatoms. The molecule has 1 aromatic heterocycles. The summed E-state index contributed by atoms with van der Waals surface area (Å²) in [6.07, 6.45) is 1.62. The summed E-state index contributed by atoms with van der Waals surface area (Å²) < 4.78 is 55.2. The number of rotatable bonds is 5. The minimum absolute atomic E-state index is 0.0397. The van der Waals surface area contributed by atoms with Crippen LogP contribution in [0.15, 0.2) is 64.5 Å². The van der Waals surface area contributed by atoms with Crippen molar-refractivity contribution in [1.29, 1.82) is 0 Å². The topological polar surface area (TPSA) is 105 Å². The highest BCUT2D eigenvalue weighted by Crippen LogP contribution is 2.28. The van der Waals surface area contributed by atoms with Crippen LogP contribution in [0, 0.1) is 6.92 Å². The van der Waals surface area contributed by atoms with Crippen LogP contribution in [0.3, 0.4) is 0 Å². The van der Waals surface area contributed by atoms with E-state index in [-0.39, 0.29) is 41.8 Å². The summed E-state index contributed by atoms with van der Waals surface area (Å²) >= 11 is 0. The predicted octanol–water partition coefficient (Wildman–Crippen LogP) is 2.44. The first-order valence-corrected chi connectivity index (χ1v) is 13.0.